The zero-order chi connectivity index (χ0) is 22.3. The molecular formula is C26H23N3O3. The predicted octanol–water partition coefficient (Wildman–Crippen LogP) is 4.00. The molecule has 3 aromatic carbocycles. The molecule has 0 spiro atoms. The van der Waals surface area contributed by atoms with Crippen LogP contribution in [0.25, 0.3) is 17.0 Å². The SMILES string of the molecule is O=C(NCCc1c[nH]c2ccccc12)/C(=C\c1ccc(O)cc1)NC(=O)c1ccccc1. The summed E-state index contributed by atoms with van der Waals surface area (Å²) >= 11 is 0. The van der Waals surface area contributed by atoms with E-state index >= 15 is 0 Å². The molecule has 2 amide bonds. The number of phenols is 1. The maximum Gasteiger partial charge on any atom is 0.267 e. The first-order valence-corrected chi connectivity index (χ1v) is 10.3. The Morgan fingerprint density at radius 2 is 1.62 bits per heavy atom. The standard InChI is InChI=1S/C26H23N3O3/c30-21-12-10-18(11-13-21)16-24(29-25(31)19-6-2-1-3-7-19)26(32)27-15-14-20-17-28-23-9-5-4-8-22(20)23/h1-13,16-17,28,30H,14-15H2,(H,27,32)(H,29,31)/b24-16+. The van der Waals surface area contributed by atoms with Gasteiger partial charge in [-0.25, -0.2) is 0 Å². The van der Waals surface area contributed by atoms with Crippen LogP contribution in [-0.4, -0.2) is 28.4 Å². The molecule has 4 rings (SSSR count). The number of rotatable bonds is 7. The number of carbonyl (C=O) groups excluding carboxylic acids is 2. The number of hydrogen-bond acceptors (Lipinski definition) is 3. The van der Waals surface area contributed by atoms with Gasteiger partial charge in [-0.15, -0.1) is 0 Å². The van der Waals surface area contributed by atoms with E-state index in [0.717, 1.165) is 16.5 Å². The molecule has 4 N–H and O–H groups in total. The van der Waals surface area contributed by atoms with Gasteiger partial charge >= 0.3 is 0 Å². The Kier molecular flexibility index (Phi) is 6.32. The average Bonchev–Trinajstić information content (AvgIpc) is 3.23. The number of para-hydroxylation sites is 1. The third-order valence-corrected chi connectivity index (χ3v) is 5.09. The monoisotopic (exact) mass is 425 g/mol. The molecule has 1 heterocycles. The molecule has 0 saturated heterocycles. The quantitative estimate of drug-likeness (QED) is 0.337. The molecule has 0 aliphatic carbocycles. The highest BCUT2D eigenvalue weighted by Gasteiger charge is 2.15. The molecule has 160 valence electrons. The van der Waals surface area contributed by atoms with Crippen molar-refractivity contribution in [2.24, 2.45) is 0 Å². The van der Waals surface area contributed by atoms with Crippen LogP contribution in [0, 0.1) is 0 Å². The highest BCUT2D eigenvalue weighted by atomic mass is 16.3. The fourth-order valence-electron chi connectivity index (χ4n) is 3.42. The first-order chi connectivity index (χ1) is 15.6. The number of phenolic OH excluding ortho intramolecular Hbond substituents is 1. The molecule has 6 heteroatoms. The second kappa shape index (κ2) is 9.66. The molecule has 0 saturated carbocycles. The van der Waals surface area contributed by atoms with Gasteiger partial charge < -0.3 is 20.7 Å². The van der Waals surface area contributed by atoms with Crippen molar-refractivity contribution >= 4 is 28.8 Å². The Hall–Kier alpha value is -4.32. The molecule has 0 atom stereocenters. The molecule has 6 nitrogen and oxygen atoms in total. The van der Waals surface area contributed by atoms with Crippen molar-refractivity contribution in [1.29, 1.82) is 0 Å². The van der Waals surface area contributed by atoms with E-state index < -0.39 is 0 Å². The van der Waals surface area contributed by atoms with Gasteiger partial charge in [-0.3, -0.25) is 9.59 Å². The largest absolute Gasteiger partial charge is 0.508 e. The van der Waals surface area contributed by atoms with Crippen LogP contribution in [0.15, 0.2) is 90.8 Å². The summed E-state index contributed by atoms with van der Waals surface area (Å²) in [6, 6.07) is 23.1. The molecule has 0 bridgehead atoms. The van der Waals surface area contributed by atoms with Gasteiger partial charge in [-0.05, 0) is 54.0 Å². The maximum atomic E-state index is 12.9. The second-order valence-electron chi connectivity index (χ2n) is 7.34. The summed E-state index contributed by atoms with van der Waals surface area (Å²) in [6.45, 7) is 0.412. The maximum absolute atomic E-state index is 12.9. The zero-order valence-electron chi connectivity index (χ0n) is 17.3. The van der Waals surface area contributed by atoms with Crippen molar-refractivity contribution in [1.82, 2.24) is 15.6 Å². The lowest BCUT2D eigenvalue weighted by atomic mass is 10.1. The molecular weight excluding hydrogens is 402 g/mol. The van der Waals surface area contributed by atoms with Gasteiger partial charge in [0.05, 0.1) is 0 Å². The fraction of sp³-hybridized carbons (Fsp3) is 0.0769. The molecule has 0 radical (unpaired) electrons. The van der Waals surface area contributed by atoms with Crippen LogP contribution in [0.1, 0.15) is 21.5 Å². The van der Waals surface area contributed by atoms with E-state index in [1.807, 2.05) is 36.5 Å². The number of benzene rings is 3. The fourth-order valence-corrected chi connectivity index (χ4v) is 3.42. The Balaban J connectivity index is 1.48. The Morgan fingerprint density at radius 1 is 0.906 bits per heavy atom. The summed E-state index contributed by atoms with van der Waals surface area (Å²) in [5, 5.41) is 16.2. The van der Waals surface area contributed by atoms with Crippen molar-refractivity contribution in [3.63, 3.8) is 0 Å². The van der Waals surface area contributed by atoms with Gasteiger partial charge in [0, 0.05) is 29.2 Å². The number of fused-ring (bicyclic) bond motifs is 1. The number of aromatic nitrogens is 1. The summed E-state index contributed by atoms with van der Waals surface area (Å²) in [7, 11) is 0. The molecule has 32 heavy (non-hydrogen) atoms. The lowest BCUT2D eigenvalue weighted by Gasteiger charge is -2.11. The Morgan fingerprint density at radius 3 is 2.41 bits per heavy atom. The number of hydrogen-bond donors (Lipinski definition) is 4. The zero-order valence-corrected chi connectivity index (χ0v) is 17.3. The molecule has 0 aliphatic heterocycles. The highest BCUT2D eigenvalue weighted by molar-refractivity contribution is 6.05. The molecule has 0 fully saturated rings. The predicted molar refractivity (Wildman–Crippen MR) is 125 cm³/mol. The Bertz CT molecular complexity index is 1260. The summed E-state index contributed by atoms with van der Waals surface area (Å²) in [6.07, 6.45) is 4.18. The minimum absolute atomic E-state index is 0.125. The lowest BCUT2D eigenvalue weighted by Crippen LogP contribution is -2.35. The van der Waals surface area contributed by atoms with Crippen LogP contribution in [0.3, 0.4) is 0 Å². The van der Waals surface area contributed by atoms with Gasteiger partial charge in [-0.2, -0.15) is 0 Å². The third-order valence-electron chi connectivity index (χ3n) is 5.09. The van der Waals surface area contributed by atoms with Crippen LogP contribution >= 0.6 is 0 Å². The first kappa shape index (κ1) is 20.9. The van der Waals surface area contributed by atoms with Gasteiger partial charge in [0.15, 0.2) is 0 Å². The van der Waals surface area contributed by atoms with Gasteiger partial charge in [0.2, 0.25) is 0 Å². The van der Waals surface area contributed by atoms with Crippen LogP contribution in [0.2, 0.25) is 0 Å². The van der Waals surface area contributed by atoms with Crippen molar-refractivity contribution < 1.29 is 14.7 Å². The van der Waals surface area contributed by atoms with E-state index in [1.165, 1.54) is 12.1 Å². The van der Waals surface area contributed by atoms with Crippen LogP contribution in [0.4, 0.5) is 0 Å². The molecule has 1 aromatic heterocycles. The highest BCUT2D eigenvalue weighted by Crippen LogP contribution is 2.18. The lowest BCUT2D eigenvalue weighted by molar-refractivity contribution is -0.117. The van der Waals surface area contributed by atoms with Crippen LogP contribution in [0.5, 0.6) is 5.75 Å². The van der Waals surface area contributed by atoms with Crippen molar-refractivity contribution in [3.05, 3.63) is 107 Å². The van der Waals surface area contributed by atoms with E-state index in [1.54, 1.807) is 42.5 Å². The second-order valence-corrected chi connectivity index (χ2v) is 7.34. The van der Waals surface area contributed by atoms with E-state index in [9.17, 15) is 14.7 Å². The molecule has 0 aliphatic rings. The normalized spacial score (nSPS) is 11.3. The summed E-state index contributed by atoms with van der Waals surface area (Å²) in [5.74, 6) is -0.634. The third kappa shape index (κ3) is 5.05. The molecule has 4 aromatic rings. The van der Waals surface area contributed by atoms with E-state index in [4.69, 9.17) is 0 Å². The van der Waals surface area contributed by atoms with E-state index in [0.29, 0.717) is 24.1 Å². The van der Waals surface area contributed by atoms with Gasteiger partial charge in [-0.1, -0.05) is 48.5 Å². The van der Waals surface area contributed by atoms with Crippen molar-refractivity contribution in [2.75, 3.05) is 6.54 Å². The van der Waals surface area contributed by atoms with Crippen LogP contribution < -0.4 is 10.6 Å². The van der Waals surface area contributed by atoms with Crippen LogP contribution in [-0.2, 0) is 11.2 Å². The van der Waals surface area contributed by atoms with Crippen molar-refractivity contribution in [2.45, 2.75) is 6.42 Å². The number of nitrogens with one attached hydrogen (secondary N) is 3. The van der Waals surface area contributed by atoms with E-state index in [2.05, 4.69) is 15.6 Å². The van der Waals surface area contributed by atoms with Gasteiger partial charge in [0.25, 0.3) is 11.8 Å². The number of H-pyrrole nitrogens is 1. The van der Waals surface area contributed by atoms with E-state index in [-0.39, 0.29) is 23.3 Å². The number of aromatic hydroxyl groups is 1. The number of amides is 2. The Labute approximate surface area is 185 Å². The number of carbonyl (C=O) groups is 2. The minimum Gasteiger partial charge on any atom is -0.508 e. The number of aromatic amines is 1. The summed E-state index contributed by atoms with van der Waals surface area (Å²) in [5.41, 5.74) is 3.42. The smallest absolute Gasteiger partial charge is 0.267 e. The topological polar surface area (TPSA) is 94.2 Å². The summed E-state index contributed by atoms with van der Waals surface area (Å²) < 4.78 is 0. The minimum atomic E-state index is -0.387. The molecule has 0 unspecified atom stereocenters. The average molecular weight is 425 g/mol. The summed E-state index contributed by atoms with van der Waals surface area (Å²) in [4.78, 5) is 28.8. The van der Waals surface area contributed by atoms with Gasteiger partial charge in [0.1, 0.15) is 11.4 Å². The van der Waals surface area contributed by atoms with Crippen molar-refractivity contribution in [3.8, 4) is 5.75 Å². The first-order valence-electron chi connectivity index (χ1n) is 10.3.